The number of hydrogen-bond acceptors (Lipinski definition) is 5. The van der Waals surface area contributed by atoms with Crippen LogP contribution in [0.5, 0.6) is 0 Å². The van der Waals surface area contributed by atoms with E-state index >= 15 is 0 Å². The molecule has 5 aromatic rings. The number of aromatic nitrogens is 4. The van der Waals surface area contributed by atoms with Crippen LogP contribution in [0.2, 0.25) is 0 Å². The molecule has 0 unspecified atom stereocenters. The van der Waals surface area contributed by atoms with Gasteiger partial charge in [-0.2, -0.15) is 5.10 Å². The van der Waals surface area contributed by atoms with E-state index in [1.54, 1.807) is 23.2 Å². The second-order valence-corrected chi connectivity index (χ2v) is 6.74. The number of benzene rings is 2. The maximum absolute atomic E-state index is 12.7. The summed E-state index contributed by atoms with van der Waals surface area (Å²) >= 11 is 0. The Hall–Kier alpha value is -3.80. The molecule has 0 saturated carbocycles. The monoisotopic (exact) mass is 368 g/mol. The highest BCUT2D eigenvalue weighted by molar-refractivity contribution is 6.00. The number of carbonyl (C=O) groups excluding carboxylic acids is 1. The number of rotatable bonds is 4. The van der Waals surface area contributed by atoms with Crippen molar-refractivity contribution < 1.29 is 9.21 Å². The summed E-state index contributed by atoms with van der Waals surface area (Å²) in [5.74, 6) is 0.485. The van der Waals surface area contributed by atoms with Gasteiger partial charge in [0.2, 0.25) is 0 Å². The van der Waals surface area contributed by atoms with E-state index in [4.69, 9.17) is 4.42 Å². The fraction of sp³-hybridized carbons (Fsp3) is 0.0909. The molecule has 0 aliphatic heterocycles. The number of nitrogens with zero attached hydrogens (tertiary/aromatic N) is 4. The van der Waals surface area contributed by atoms with Crippen molar-refractivity contribution in [1.29, 1.82) is 0 Å². The molecule has 0 aliphatic carbocycles. The summed E-state index contributed by atoms with van der Waals surface area (Å²) in [5.41, 5.74) is 4.25. The molecule has 0 atom stereocenters. The van der Waals surface area contributed by atoms with Gasteiger partial charge in [0.05, 0.1) is 24.4 Å². The van der Waals surface area contributed by atoms with E-state index in [9.17, 15) is 4.79 Å². The Morgan fingerprint density at radius 1 is 1.04 bits per heavy atom. The minimum absolute atomic E-state index is 0.0223. The van der Waals surface area contributed by atoms with Crippen LogP contribution in [-0.2, 0) is 13.5 Å². The van der Waals surface area contributed by atoms with Crippen molar-refractivity contribution in [2.45, 2.75) is 6.42 Å². The van der Waals surface area contributed by atoms with Crippen molar-refractivity contribution in [3.8, 4) is 11.1 Å². The molecule has 3 heterocycles. The van der Waals surface area contributed by atoms with E-state index in [1.165, 1.54) is 0 Å². The molecule has 0 spiro atoms. The molecule has 0 N–H and O–H groups in total. The van der Waals surface area contributed by atoms with E-state index in [0.29, 0.717) is 11.4 Å². The van der Waals surface area contributed by atoms with Crippen molar-refractivity contribution in [2.24, 2.45) is 7.05 Å². The zero-order valence-electron chi connectivity index (χ0n) is 15.2. The summed E-state index contributed by atoms with van der Waals surface area (Å²) in [6.07, 6.45) is 7.30. The number of Topliss-reactive ketones (excluding diaryl/α,β-unsaturated/α-hetero) is 1. The number of furan rings is 1. The largest absolute Gasteiger partial charge is 0.464 e. The number of fused-ring (bicyclic) bond motifs is 2. The van der Waals surface area contributed by atoms with Gasteiger partial charge in [0, 0.05) is 41.3 Å². The first-order valence-corrected chi connectivity index (χ1v) is 8.91. The molecule has 0 radical (unpaired) electrons. The van der Waals surface area contributed by atoms with Gasteiger partial charge in [-0.05, 0) is 35.9 Å². The van der Waals surface area contributed by atoms with Crippen LogP contribution in [0.4, 0.5) is 0 Å². The first kappa shape index (κ1) is 16.4. The van der Waals surface area contributed by atoms with Crippen LogP contribution in [0.3, 0.4) is 0 Å². The Balaban J connectivity index is 1.45. The van der Waals surface area contributed by atoms with Crippen LogP contribution in [0.25, 0.3) is 33.0 Å². The molecule has 28 heavy (non-hydrogen) atoms. The van der Waals surface area contributed by atoms with Gasteiger partial charge in [-0.15, -0.1) is 0 Å². The molecule has 5 rings (SSSR count). The minimum atomic E-state index is -0.0223. The number of hydrogen-bond donors (Lipinski definition) is 0. The predicted octanol–water partition coefficient (Wildman–Crippen LogP) is 4.20. The van der Waals surface area contributed by atoms with Crippen LogP contribution in [0.15, 0.2) is 71.7 Å². The van der Waals surface area contributed by atoms with Crippen LogP contribution in [-0.4, -0.2) is 25.5 Å². The quantitative estimate of drug-likeness (QED) is 0.445. The SMILES string of the molecule is Cn1cc(-c2ccc3cnc(CC(=O)c4ccc5occc5c4)nc3c2)cn1. The van der Waals surface area contributed by atoms with Crippen molar-refractivity contribution in [3.05, 3.63) is 78.7 Å². The molecule has 0 aliphatic rings. The molecule has 0 bridgehead atoms. The Labute approximate surface area is 160 Å². The van der Waals surface area contributed by atoms with Crippen molar-refractivity contribution in [1.82, 2.24) is 19.7 Å². The fourth-order valence-electron chi connectivity index (χ4n) is 3.28. The maximum Gasteiger partial charge on any atom is 0.170 e. The van der Waals surface area contributed by atoms with Gasteiger partial charge in [0.15, 0.2) is 5.78 Å². The Kier molecular flexibility index (Phi) is 3.76. The average molecular weight is 368 g/mol. The van der Waals surface area contributed by atoms with Gasteiger partial charge in [0.25, 0.3) is 0 Å². The van der Waals surface area contributed by atoms with Gasteiger partial charge in [-0.3, -0.25) is 9.48 Å². The second-order valence-electron chi connectivity index (χ2n) is 6.74. The summed E-state index contributed by atoms with van der Waals surface area (Å²) in [5, 5.41) is 6.06. The number of ketones is 1. The van der Waals surface area contributed by atoms with Gasteiger partial charge >= 0.3 is 0 Å². The van der Waals surface area contributed by atoms with Crippen LogP contribution >= 0.6 is 0 Å². The Bertz CT molecular complexity index is 1330. The summed E-state index contributed by atoms with van der Waals surface area (Å²) in [6, 6.07) is 13.3. The third-order valence-corrected chi connectivity index (χ3v) is 4.76. The van der Waals surface area contributed by atoms with Crippen molar-refractivity contribution >= 4 is 27.7 Å². The normalized spacial score (nSPS) is 11.3. The second kappa shape index (κ2) is 6.42. The Morgan fingerprint density at radius 3 is 2.82 bits per heavy atom. The first-order chi connectivity index (χ1) is 13.7. The number of aryl methyl sites for hydroxylation is 1. The zero-order chi connectivity index (χ0) is 19.1. The van der Waals surface area contributed by atoms with Crippen molar-refractivity contribution in [2.75, 3.05) is 0 Å². The highest BCUT2D eigenvalue weighted by atomic mass is 16.3. The Morgan fingerprint density at radius 2 is 1.96 bits per heavy atom. The van der Waals surface area contributed by atoms with E-state index in [1.807, 2.05) is 55.8 Å². The van der Waals surface area contributed by atoms with E-state index in [2.05, 4.69) is 15.1 Å². The van der Waals surface area contributed by atoms with E-state index in [0.717, 1.165) is 33.0 Å². The highest BCUT2D eigenvalue weighted by Gasteiger charge is 2.12. The molecule has 6 nitrogen and oxygen atoms in total. The van der Waals surface area contributed by atoms with Gasteiger partial charge < -0.3 is 4.42 Å². The summed E-state index contributed by atoms with van der Waals surface area (Å²) < 4.78 is 7.09. The lowest BCUT2D eigenvalue weighted by atomic mass is 10.1. The van der Waals surface area contributed by atoms with Crippen molar-refractivity contribution in [3.63, 3.8) is 0 Å². The lowest BCUT2D eigenvalue weighted by Crippen LogP contribution is -2.07. The molecule has 0 fully saturated rings. The maximum atomic E-state index is 12.7. The summed E-state index contributed by atoms with van der Waals surface area (Å²) in [4.78, 5) is 21.7. The molecular weight excluding hydrogens is 352 g/mol. The number of carbonyl (C=O) groups is 1. The predicted molar refractivity (Wildman–Crippen MR) is 106 cm³/mol. The highest BCUT2D eigenvalue weighted by Crippen LogP contribution is 2.23. The van der Waals surface area contributed by atoms with Gasteiger partial charge in [0.1, 0.15) is 11.4 Å². The van der Waals surface area contributed by atoms with Gasteiger partial charge in [-0.25, -0.2) is 9.97 Å². The summed E-state index contributed by atoms with van der Waals surface area (Å²) in [6.45, 7) is 0. The third kappa shape index (κ3) is 2.95. The average Bonchev–Trinajstić information content (AvgIpc) is 3.35. The van der Waals surface area contributed by atoms with Gasteiger partial charge in [-0.1, -0.05) is 12.1 Å². The van der Waals surface area contributed by atoms with Crippen LogP contribution in [0, 0.1) is 0 Å². The van der Waals surface area contributed by atoms with E-state index < -0.39 is 0 Å². The molecule has 3 aromatic heterocycles. The smallest absolute Gasteiger partial charge is 0.170 e. The lowest BCUT2D eigenvalue weighted by molar-refractivity contribution is 0.0991. The summed E-state index contributed by atoms with van der Waals surface area (Å²) in [7, 11) is 1.89. The molecule has 0 amide bonds. The minimum Gasteiger partial charge on any atom is -0.464 e. The topological polar surface area (TPSA) is 73.8 Å². The van der Waals surface area contributed by atoms with Crippen LogP contribution < -0.4 is 0 Å². The zero-order valence-corrected chi connectivity index (χ0v) is 15.2. The lowest BCUT2D eigenvalue weighted by Gasteiger charge is -2.04. The molecule has 2 aromatic carbocycles. The molecule has 0 saturated heterocycles. The first-order valence-electron chi connectivity index (χ1n) is 8.91. The fourth-order valence-corrected chi connectivity index (χ4v) is 3.28. The standard InChI is InChI=1S/C22H16N4O2/c1-26-13-18(12-24-26)14-2-3-17-11-23-22(25-19(17)9-14)10-20(27)15-4-5-21-16(8-15)6-7-28-21/h2-9,11-13H,10H2,1H3. The molecular formula is C22H16N4O2. The molecule has 6 heteroatoms. The van der Waals surface area contributed by atoms with E-state index in [-0.39, 0.29) is 12.2 Å². The molecule has 136 valence electrons. The third-order valence-electron chi connectivity index (χ3n) is 4.76. The van der Waals surface area contributed by atoms with Crippen LogP contribution in [0.1, 0.15) is 16.2 Å².